The van der Waals surface area contributed by atoms with Crippen molar-refractivity contribution in [3.05, 3.63) is 0 Å². The third-order valence-corrected chi connectivity index (χ3v) is 0.940. The Kier molecular flexibility index (Phi) is 3.77. The van der Waals surface area contributed by atoms with Crippen molar-refractivity contribution < 1.29 is 15.0 Å². The van der Waals surface area contributed by atoms with Gasteiger partial charge in [-0.3, -0.25) is 4.79 Å². The molecule has 0 rings (SSSR count). The lowest BCUT2D eigenvalue weighted by Crippen LogP contribution is -2.24. The normalized spacial score (nSPS) is 13.4. The maximum Gasteiger partial charge on any atom is 0.178 e. The summed E-state index contributed by atoms with van der Waals surface area (Å²) in [7, 11) is 0. The molecule has 0 saturated carbocycles. The topological polar surface area (TPSA) is 57.5 Å². The van der Waals surface area contributed by atoms with Gasteiger partial charge in [-0.15, -0.1) is 11.6 Å². The molecule has 0 aliphatic heterocycles. The molecule has 1 unspecified atom stereocenters. The predicted molar refractivity (Wildman–Crippen MR) is 28.8 cm³/mol. The van der Waals surface area contributed by atoms with Crippen molar-refractivity contribution in [1.82, 2.24) is 0 Å². The van der Waals surface area contributed by atoms with Crippen molar-refractivity contribution in [1.29, 1.82) is 0 Å². The standard InChI is InChI=1S/C4H7ClO3/c5-1-3(7)4(8)2-6/h4,6,8H,1-2H2. The van der Waals surface area contributed by atoms with Crippen molar-refractivity contribution in [3.8, 4) is 0 Å². The number of ketones is 1. The van der Waals surface area contributed by atoms with Gasteiger partial charge in [-0.2, -0.15) is 0 Å². The molecule has 0 aliphatic carbocycles. The number of aliphatic hydroxyl groups excluding tert-OH is 2. The van der Waals surface area contributed by atoms with Crippen LogP contribution in [-0.2, 0) is 4.79 Å². The van der Waals surface area contributed by atoms with E-state index in [1.165, 1.54) is 0 Å². The first-order valence-electron chi connectivity index (χ1n) is 2.10. The summed E-state index contributed by atoms with van der Waals surface area (Å²) in [5.74, 6) is -0.795. The van der Waals surface area contributed by atoms with Crippen LogP contribution in [0.4, 0.5) is 0 Å². The van der Waals surface area contributed by atoms with E-state index in [0.717, 1.165) is 0 Å². The van der Waals surface area contributed by atoms with E-state index in [9.17, 15) is 4.79 Å². The van der Waals surface area contributed by atoms with Crippen molar-refractivity contribution in [2.45, 2.75) is 6.10 Å². The molecule has 2 N–H and O–H groups in total. The molecule has 48 valence electrons. The third kappa shape index (κ3) is 2.26. The fourth-order valence-corrected chi connectivity index (χ4v) is 0.369. The molecule has 0 saturated heterocycles. The van der Waals surface area contributed by atoms with Crippen LogP contribution in [-0.4, -0.2) is 34.6 Å². The number of halogens is 1. The molecule has 8 heavy (non-hydrogen) atoms. The number of hydrogen-bond acceptors (Lipinski definition) is 3. The maximum absolute atomic E-state index is 10.2. The Morgan fingerprint density at radius 1 is 1.75 bits per heavy atom. The van der Waals surface area contributed by atoms with Crippen LogP contribution in [0.2, 0.25) is 0 Å². The van der Waals surface area contributed by atoms with Gasteiger partial charge in [-0.1, -0.05) is 0 Å². The number of Topliss-reactive ketones (excluding diaryl/α,β-unsaturated/α-hetero) is 1. The molecular weight excluding hydrogens is 131 g/mol. The molecule has 0 aliphatic rings. The highest BCUT2D eigenvalue weighted by Crippen LogP contribution is 1.86. The Morgan fingerprint density at radius 2 is 2.25 bits per heavy atom. The maximum atomic E-state index is 10.2. The minimum Gasteiger partial charge on any atom is -0.393 e. The quantitative estimate of drug-likeness (QED) is 0.500. The SMILES string of the molecule is O=C(CCl)C(O)CO. The van der Waals surface area contributed by atoms with Crippen LogP contribution in [0, 0.1) is 0 Å². The van der Waals surface area contributed by atoms with Crippen LogP contribution in [0.1, 0.15) is 0 Å². The zero-order chi connectivity index (χ0) is 6.57. The average Bonchev–Trinajstić information content (AvgIpc) is 1.84. The van der Waals surface area contributed by atoms with Gasteiger partial charge in [0.2, 0.25) is 0 Å². The summed E-state index contributed by atoms with van der Waals surface area (Å²) in [6, 6.07) is 0. The zero-order valence-electron chi connectivity index (χ0n) is 4.17. The summed E-state index contributed by atoms with van der Waals surface area (Å²) < 4.78 is 0. The number of aliphatic hydroxyl groups is 2. The molecule has 0 aromatic carbocycles. The van der Waals surface area contributed by atoms with E-state index >= 15 is 0 Å². The Morgan fingerprint density at radius 3 is 2.38 bits per heavy atom. The van der Waals surface area contributed by atoms with E-state index in [4.69, 9.17) is 21.8 Å². The Labute approximate surface area is 51.9 Å². The van der Waals surface area contributed by atoms with Gasteiger partial charge >= 0.3 is 0 Å². The van der Waals surface area contributed by atoms with Gasteiger partial charge in [-0.25, -0.2) is 0 Å². The van der Waals surface area contributed by atoms with Gasteiger partial charge in [0.05, 0.1) is 12.5 Å². The van der Waals surface area contributed by atoms with E-state index in [-0.39, 0.29) is 5.88 Å². The second-order valence-corrected chi connectivity index (χ2v) is 1.57. The van der Waals surface area contributed by atoms with Crippen LogP contribution in [0.15, 0.2) is 0 Å². The second-order valence-electron chi connectivity index (χ2n) is 1.30. The van der Waals surface area contributed by atoms with Crippen molar-refractivity contribution >= 4 is 17.4 Å². The van der Waals surface area contributed by atoms with Crippen LogP contribution in [0.3, 0.4) is 0 Å². The van der Waals surface area contributed by atoms with Gasteiger partial charge in [0.15, 0.2) is 5.78 Å². The van der Waals surface area contributed by atoms with E-state index in [0.29, 0.717) is 0 Å². The van der Waals surface area contributed by atoms with Gasteiger partial charge in [0.25, 0.3) is 0 Å². The first-order chi connectivity index (χ1) is 3.72. The monoisotopic (exact) mass is 138 g/mol. The van der Waals surface area contributed by atoms with Crippen LogP contribution < -0.4 is 0 Å². The lowest BCUT2D eigenvalue weighted by Gasteiger charge is -1.99. The Bertz CT molecular complexity index is 83.4. The van der Waals surface area contributed by atoms with E-state index in [2.05, 4.69) is 0 Å². The Balaban J connectivity index is 3.46. The van der Waals surface area contributed by atoms with Crippen LogP contribution in [0.25, 0.3) is 0 Å². The molecule has 0 spiro atoms. The molecule has 0 bridgehead atoms. The smallest absolute Gasteiger partial charge is 0.178 e. The predicted octanol–water partition coefficient (Wildman–Crippen LogP) is -0.853. The molecule has 0 aromatic rings. The summed E-state index contributed by atoms with van der Waals surface area (Å²) in [6.07, 6.45) is -1.30. The molecule has 0 heterocycles. The number of rotatable bonds is 3. The van der Waals surface area contributed by atoms with E-state index in [1.54, 1.807) is 0 Å². The highest BCUT2D eigenvalue weighted by atomic mass is 35.5. The zero-order valence-corrected chi connectivity index (χ0v) is 4.93. The first kappa shape index (κ1) is 7.88. The van der Waals surface area contributed by atoms with E-state index in [1.807, 2.05) is 0 Å². The molecule has 1 atom stereocenters. The summed E-state index contributed by atoms with van der Waals surface area (Å²) in [6.45, 7) is -0.550. The summed E-state index contributed by atoms with van der Waals surface area (Å²) in [5, 5.41) is 16.5. The van der Waals surface area contributed by atoms with Crippen LogP contribution >= 0.6 is 11.6 Å². The number of carbonyl (C=O) groups is 1. The van der Waals surface area contributed by atoms with Gasteiger partial charge in [0.1, 0.15) is 6.10 Å². The molecule has 3 nitrogen and oxygen atoms in total. The third-order valence-electron chi connectivity index (χ3n) is 0.676. The lowest BCUT2D eigenvalue weighted by molar-refractivity contribution is -0.126. The summed E-state index contributed by atoms with van der Waals surface area (Å²) in [5.41, 5.74) is 0. The van der Waals surface area contributed by atoms with Crippen molar-refractivity contribution in [3.63, 3.8) is 0 Å². The average molecular weight is 139 g/mol. The molecule has 0 aromatic heterocycles. The largest absolute Gasteiger partial charge is 0.393 e. The fourth-order valence-electron chi connectivity index (χ4n) is 0.191. The highest BCUT2D eigenvalue weighted by molar-refractivity contribution is 6.28. The minimum absolute atomic E-state index is 0.248. The number of hydrogen-bond donors (Lipinski definition) is 2. The van der Waals surface area contributed by atoms with Crippen molar-refractivity contribution in [2.75, 3.05) is 12.5 Å². The minimum atomic E-state index is -1.30. The van der Waals surface area contributed by atoms with Crippen molar-refractivity contribution in [2.24, 2.45) is 0 Å². The molecule has 0 fully saturated rings. The van der Waals surface area contributed by atoms with Gasteiger partial charge < -0.3 is 10.2 Å². The van der Waals surface area contributed by atoms with Gasteiger partial charge in [0, 0.05) is 0 Å². The van der Waals surface area contributed by atoms with E-state index < -0.39 is 18.5 Å². The summed E-state index contributed by atoms with van der Waals surface area (Å²) >= 11 is 5.00. The fraction of sp³-hybridized carbons (Fsp3) is 0.750. The van der Waals surface area contributed by atoms with Gasteiger partial charge in [-0.05, 0) is 0 Å². The van der Waals surface area contributed by atoms with Crippen LogP contribution in [0.5, 0.6) is 0 Å². The molecule has 0 amide bonds. The first-order valence-corrected chi connectivity index (χ1v) is 2.63. The number of alkyl halides is 1. The highest BCUT2D eigenvalue weighted by Gasteiger charge is 2.10. The number of carbonyl (C=O) groups excluding carboxylic acids is 1. The second kappa shape index (κ2) is 3.83. The molecule has 4 heteroatoms. The lowest BCUT2D eigenvalue weighted by atomic mass is 10.3. The molecular formula is C4H7ClO3. The Hall–Kier alpha value is -0.120. The molecule has 0 radical (unpaired) electrons. The summed E-state index contributed by atoms with van der Waals surface area (Å²) in [4.78, 5) is 10.2.